The number of nitrogens with zero attached hydrogens (tertiary/aromatic N) is 3. The van der Waals surface area contributed by atoms with Crippen molar-refractivity contribution in [2.45, 2.75) is 82.4 Å². The summed E-state index contributed by atoms with van der Waals surface area (Å²) in [5.41, 5.74) is 1.85. The Morgan fingerprint density at radius 3 is 2.72 bits per heavy atom. The van der Waals surface area contributed by atoms with Gasteiger partial charge in [-0.05, 0) is 38.5 Å². The first-order chi connectivity index (χ1) is 14.2. The number of hydrogen-bond donors (Lipinski definition) is 1. The van der Waals surface area contributed by atoms with Gasteiger partial charge in [0.05, 0.1) is 5.69 Å². The number of fused-ring (bicyclic) bond motifs is 1. The minimum atomic E-state index is -0.270. The summed E-state index contributed by atoms with van der Waals surface area (Å²) in [6, 6.07) is 0.646. The fourth-order valence-corrected chi connectivity index (χ4v) is 5.59. The minimum Gasteiger partial charge on any atom is -0.368 e. The Kier molecular flexibility index (Phi) is 5.43. The molecule has 7 heteroatoms. The van der Waals surface area contributed by atoms with Crippen molar-refractivity contribution in [2.75, 3.05) is 26.2 Å². The molecule has 2 atom stereocenters. The number of amides is 1. The highest BCUT2D eigenvalue weighted by molar-refractivity contribution is 5.81. The Labute approximate surface area is 171 Å². The maximum absolute atomic E-state index is 12.7. The van der Waals surface area contributed by atoms with Crippen molar-refractivity contribution < 1.29 is 9.53 Å². The van der Waals surface area contributed by atoms with E-state index >= 15 is 0 Å². The van der Waals surface area contributed by atoms with Crippen molar-refractivity contribution in [2.24, 2.45) is 0 Å². The van der Waals surface area contributed by atoms with E-state index in [2.05, 4.69) is 9.88 Å². The van der Waals surface area contributed by atoms with Gasteiger partial charge in [-0.1, -0.05) is 19.3 Å². The summed E-state index contributed by atoms with van der Waals surface area (Å²) in [6.45, 7) is 3.80. The molecule has 1 aliphatic carbocycles. The summed E-state index contributed by atoms with van der Waals surface area (Å²) >= 11 is 0. The fourth-order valence-electron chi connectivity index (χ4n) is 5.59. The largest absolute Gasteiger partial charge is 0.368 e. The van der Waals surface area contributed by atoms with E-state index in [1.807, 2.05) is 4.90 Å². The highest BCUT2D eigenvalue weighted by Crippen LogP contribution is 2.29. The van der Waals surface area contributed by atoms with Crippen molar-refractivity contribution in [3.63, 3.8) is 0 Å². The molecule has 0 unspecified atom stereocenters. The molecule has 0 aromatic carbocycles. The number of ether oxygens (including phenoxy) is 1. The molecule has 4 heterocycles. The summed E-state index contributed by atoms with van der Waals surface area (Å²) in [7, 11) is 0. The van der Waals surface area contributed by atoms with Crippen molar-refractivity contribution >= 4 is 5.91 Å². The highest BCUT2D eigenvalue weighted by atomic mass is 16.5. The smallest absolute Gasteiger partial charge is 0.254 e. The quantitative estimate of drug-likeness (QED) is 0.839. The van der Waals surface area contributed by atoms with Crippen LogP contribution in [-0.2, 0) is 22.5 Å². The molecule has 3 fully saturated rings. The fraction of sp³-hybridized carbons (Fsp3) is 0.773. The molecular formula is C22H32N4O3. The average Bonchev–Trinajstić information content (AvgIpc) is 3.46. The molecule has 1 aromatic heterocycles. The molecule has 0 radical (unpaired) electrons. The van der Waals surface area contributed by atoms with E-state index in [9.17, 15) is 9.59 Å². The molecule has 1 aromatic rings. The number of rotatable bonds is 3. The van der Waals surface area contributed by atoms with Crippen LogP contribution in [0.2, 0.25) is 0 Å². The van der Waals surface area contributed by atoms with Crippen LogP contribution in [0.5, 0.6) is 0 Å². The van der Waals surface area contributed by atoms with Crippen molar-refractivity contribution in [3.8, 4) is 0 Å². The summed E-state index contributed by atoms with van der Waals surface area (Å²) in [4.78, 5) is 37.8. The topological polar surface area (TPSA) is 78.5 Å². The van der Waals surface area contributed by atoms with Gasteiger partial charge in [-0.25, -0.2) is 4.98 Å². The van der Waals surface area contributed by atoms with Gasteiger partial charge in [0.2, 0.25) is 0 Å². The number of H-pyrrole nitrogens is 1. The van der Waals surface area contributed by atoms with Gasteiger partial charge < -0.3 is 14.6 Å². The lowest BCUT2D eigenvalue weighted by Crippen LogP contribution is -2.42. The Hall–Kier alpha value is -1.73. The van der Waals surface area contributed by atoms with Crippen LogP contribution in [0.1, 0.15) is 74.4 Å². The number of aromatic amines is 1. The number of hydrogen-bond acceptors (Lipinski definition) is 5. The molecular weight excluding hydrogens is 368 g/mol. The predicted molar refractivity (Wildman–Crippen MR) is 109 cm³/mol. The molecule has 158 valence electrons. The van der Waals surface area contributed by atoms with Crippen LogP contribution in [0.25, 0.3) is 0 Å². The first-order valence-corrected chi connectivity index (χ1v) is 11.5. The SMILES string of the molecule is O=C([C@H]1CCCO1)N1CC[C@@H](c2nc3c(c(=O)[nH]2)CCN(C2CCCCC2)C3)C1. The van der Waals surface area contributed by atoms with Crippen LogP contribution < -0.4 is 5.56 Å². The van der Waals surface area contributed by atoms with Crippen molar-refractivity contribution in [1.82, 2.24) is 19.8 Å². The Morgan fingerprint density at radius 1 is 1.07 bits per heavy atom. The monoisotopic (exact) mass is 400 g/mol. The first-order valence-electron chi connectivity index (χ1n) is 11.5. The molecule has 5 rings (SSSR count). The third-order valence-electron chi connectivity index (χ3n) is 7.30. The van der Waals surface area contributed by atoms with E-state index in [1.54, 1.807) is 0 Å². The van der Waals surface area contributed by atoms with Gasteiger partial charge in [-0.3, -0.25) is 14.5 Å². The normalized spacial score (nSPS) is 28.6. The molecule has 1 N–H and O–H groups in total. The lowest BCUT2D eigenvalue weighted by atomic mass is 9.92. The number of carbonyl (C=O) groups excluding carboxylic acids is 1. The summed E-state index contributed by atoms with van der Waals surface area (Å²) in [5.74, 6) is 0.985. The maximum atomic E-state index is 12.7. The van der Waals surface area contributed by atoms with Crippen LogP contribution in [0.4, 0.5) is 0 Å². The van der Waals surface area contributed by atoms with E-state index < -0.39 is 0 Å². The first kappa shape index (κ1) is 19.2. The zero-order valence-electron chi connectivity index (χ0n) is 17.2. The number of carbonyl (C=O) groups is 1. The second-order valence-corrected chi connectivity index (χ2v) is 9.16. The molecule has 0 bridgehead atoms. The van der Waals surface area contributed by atoms with Crippen molar-refractivity contribution in [1.29, 1.82) is 0 Å². The van der Waals surface area contributed by atoms with Gasteiger partial charge in [0, 0.05) is 50.3 Å². The standard InChI is InChI=1S/C22H32N4O3/c27-21-17-9-11-25(16-5-2-1-3-6-16)14-18(17)23-20(24-21)15-8-10-26(13-15)22(28)19-7-4-12-29-19/h15-16,19H,1-14H2,(H,23,24,27)/t15-,19-/m1/s1. The predicted octanol–water partition coefficient (Wildman–Crippen LogP) is 1.96. The highest BCUT2D eigenvalue weighted by Gasteiger charge is 2.35. The summed E-state index contributed by atoms with van der Waals surface area (Å²) < 4.78 is 5.56. The lowest BCUT2D eigenvalue weighted by Gasteiger charge is -2.37. The van der Waals surface area contributed by atoms with E-state index in [0.717, 1.165) is 62.4 Å². The third-order valence-corrected chi connectivity index (χ3v) is 7.30. The van der Waals surface area contributed by atoms with Gasteiger partial charge in [0.25, 0.3) is 11.5 Å². The number of aromatic nitrogens is 2. The third kappa shape index (κ3) is 3.87. The molecule has 3 aliphatic heterocycles. The van der Waals surface area contributed by atoms with Crippen LogP contribution >= 0.6 is 0 Å². The van der Waals surface area contributed by atoms with Crippen LogP contribution in [-0.4, -0.2) is 64.1 Å². The van der Waals surface area contributed by atoms with Gasteiger partial charge in [0.15, 0.2) is 0 Å². The maximum Gasteiger partial charge on any atom is 0.254 e. The van der Waals surface area contributed by atoms with Gasteiger partial charge in [-0.2, -0.15) is 0 Å². The summed E-state index contributed by atoms with van der Waals surface area (Å²) in [5, 5.41) is 0. The van der Waals surface area contributed by atoms with E-state index in [1.165, 1.54) is 32.1 Å². The molecule has 1 amide bonds. The zero-order valence-corrected chi connectivity index (χ0v) is 17.2. The molecule has 0 spiro atoms. The van der Waals surface area contributed by atoms with Gasteiger partial charge in [0.1, 0.15) is 11.9 Å². The molecule has 2 saturated heterocycles. The average molecular weight is 401 g/mol. The molecule has 29 heavy (non-hydrogen) atoms. The number of likely N-dealkylation sites (tertiary alicyclic amines) is 1. The number of nitrogens with one attached hydrogen (secondary N) is 1. The molecule has 1 saturated carbocycles. The Morgan fingerprint density at radius 2 is 1.93 bits per heavy atom. The second kappa shape index (κ2) is 8.19. The van der Waals surface area contributed by atoms with Crippen molar-refractivity contribution in [3.05, 3.63) is 27.4 Å². The minimum absolute atomic E-state index is 0.0252. The Bertz CT molecular complexity index is 811. The van der Waals surface area contributed by atoms with Gasteiger partial charge >= 0.3 is 0 Å². The molecule has 4 aliphatic rings. The lowest BCUT2D eigenvalue weighted by molar-refractivity contribution is -0.139. The summed E-state index contributed by atoms with van der Waals surface area (Å²) in [6.07, 6.45) is 9.70. The van der Waals surface area contributed by atoms with Crippen LogP contribution in [0, 0.1) is 0 Å². The van der Waals surface area contributed by atoms with Gasteiger partial charge in [-0.15, -0.1) is 0 Å². The van der Waals surface area contributed by atoms with E-state index in [0.29, 0.717) is 19.2 Å². The second-order valence-electron chi connectivity index (χ2n) is 9.16. The van der Waals surface area contributed by atoms with E-state index in [-0.39, 0.29) is 23.5 Å². The van der Waals surface area contributed by atoms with Crippen LogP contribution in [0.15, 0.2) is 4.79 Å². The van der Waals surface area contributed by atoms with E-state index in [4.69, 9.17) is 9.72 Å². The Balaban J connectivity index is 1.30. The zero-order chi connectivity index (χ0) is 19.8. The molecule has 7 nitrogen and oxygen atoms in total. The van der Waals surface area contributed by atoms with Crippen LogP contribution in [0.3, 0.4) is 0 Å².